The Kier molecular flexibility index (Phi) is 4.57. The zero-order chi connectivity index (χ0) is 17.1. The first-order valence-electron chi connectivity index (χ1n) is 7.43. The molecule has 1 aromatic carbocycles. The minimum absolute atomic E-state index is 0.152. The summed E-state index contributed by atoms with van der Waals surface area (Å²) < 4.78 is 1.33. The molecule has 0 radical (unpaired) electrons. The van der Waals surface area contributed by atoms with Crippen molar-refractivity contribution in [1.82, 2.24) is 25.3 Å². The van der Waals surface area contributed by atoms with Crippen molar-refractivity contribution in [3.8, 4) is 0 Å². The summed E-state index contributed by atoms with van der Waals surface area (Å²) in [4.78, 5) is 14.2. The Morgan fingerprint density at radius 1 is 1.33 bits per heavy atom. The molecule has 124 valence electrons. The van der Waals surface area contributed by atoms with E-state index >= 15 is 0 Å². The average Bonchev–Trinajstić information content (AvgIpc) is 3.03. The summed E-state index contributed by atoms with van der Waals surface area (Å²) in [6, 6.07) is 8.92. The van der Waals surface area contributed by atoms with E-state index in [0.29, 0.717) is 28.7 Å². The number of halogens is 1. The van der Waals surface area contributed by atoms with Crippen LogP contribution in [-0.4, -0.2) is 44.3 Å². The number of nitrogens with one attached hydrogen (secondary N) is 1. The highest BCUT2D eigenvalue weighted by atomic mass is 35.5. The number of carbonyl (C=O) groups excluding carboxylic acids is 1. The predicted octanol–water partition coefficient (Wildman–Crippen LogP) is 1.95. The normalized spacial score (nSPS) is 10.8. The van der Waals surface area contributed by atoms with Crippen molar-refractivity contribution in [2.24, 2.45) is 0 Å². The number of tetrazole rings is 1. The molecule has 2 aromatic heterocycles. The standard InChI is InChI=1S/C15H16ClN7O/c1-3-22(14-7-6-13-18-20-21-23(13)19-14)9-15(24)17-12-8-11(16)5-4-10(12)2/h4-8H,3,9H2,1-2H3,(H,17,24). The molecule has 0 saturated heterocycles. The van der Waals surface area contributed by atoms with Gasteiger partial charge in [-0.2, -0.15) is 0 Å². The van der Waals surface area contributed by atoms with Crippen molar-refractivity contribution in [3.63, 3.8) is 0 Å². The van der Waals surface area contributed by atoms with E-state index in [1.807, 2.05) is 24.8 Å². The van der Waals surface area contributed by atoms with Crippen LogP contribution in [0.15, 0.2) is 30.3 Å². The topological polar surface area (TPSA) is 88.3 Å². The van der Waals surface area contributed by atoms with Gasteiger partial charge in [-0.05, 0) is 54.1 Å². The number of fused-ring (bicyclic) bond motifs is 1. The summed E-state index contributed by atoms with van der Waals surface area (Å²) in [5.74, 6) is 0.469. The summed E-state index contributed by atoms with van der Waals surface area (Å²) in [7, 11) is 0. The summed E-state index contributed by atoms with van der Waals surface area (Å²) in [5, 5.41) is 18.9. The molecule has 0 aliphatic rings. The van der Waals surface area contributed by atoms with Crippen molar-refractivity contribution in [3.05, 3.63) is 40.9 Å². The maximum absolute atomic E-state index is 12.4. The third kappa shape index (κ3) is 3.43. The molecule has 1 amide bonds. The molecule has 0 fully saturated rings. The molecule has 2 heterocycles. The van der Waals surface area contributed by atoms with Gasteiger partial charge in [0, 0.05) is 17.3 Å². The minimum Gasteiger partial charge on any atom is -0.346 e. The Labute approximate surface area is 143 Å². The van der Waals surface area contributed by atoms with Gasteiger partial charge in [0.25, 0.3) is 0 Å². The summed E-state index contributed by atoms with van der Waals surface area (Å²) in [5.41, 5.74) is 2.20. The largest absolute Gasteiger partial charge is 0.346 e. The molecule has 8 nitrogen and oxygen atoms in total. The molecule has 0 saturated carbocycles. The Bertz CT molecular complexity index is 879. The highest BCUT2D eigenvalue weighted by molar-refractivity contribution is 6.31. The fraction of sp³-hybridized carbons (Fsp3) is 0.267. The Morgan fingerprint density at radius 3 is 2.96 bits per heavy atom. The van der Waals surface area contributed by atoms with Crippen LogP contribution >= 0.6 is 11.6 Å². The first kappa shape index (κ1) is 16.1. The zero-order valence-electron chi connectivity index (χ0n) is 13.3. The Balaban J connectivity index is 1.74. The van der Waals surface area contributed by atoms with Gasteiger partial charge in [-0.3, -0.25) is 4.79 Å². The molecule has 0 atom stereocenters. The molecule has 1 N–H and O–H groups in total. The molecular weight excluding hydrogens is 330 g/mol. The van der Waals surface area contributed by atoms with Gasteiger partial charge in [0.05, 0.1) is 6.54 Å². The number of carbonyl (C=O) groups is 1. The molecule has 0 unspecified atom stereocenters. The van der Waals surface area contributed by atoms with Gasteiger partial charge in [0.15, 0.2) is 11.5 Å². The number of hydrogen-bond donors (Lipinski definition) is 1. The number of anilines is 2. The van der Waals surface area contributed by atoms with E-state index in [1.54, 1.807) is 24.3 Å². The average molecular weight is 346 g/mol. The maximum atomic E-state index is 12.4. The highest BCUT2D eigenvalue weighted by Gasteiger charge is 2.14. The van der Waals surface area contributed by atoms with Crippen LogP contribution in [0, 0.1) is 6.92 Å². The highest BCUT2D eigenvalue weighted by Crippen LogP contribution is 2.20. The van der Waals surface area contributed by atoms with Gasteiger partial charge < -0.3 is 10.2 Å². The molecule has 3 aromatic rings. The van der Waals surface area contributed by atoms with E-state index in [2.05, 4.69) is 25.9 Å². The second-order valence-electron chi connectivity index (χ2n) is 5.24. The summed E-state index contributed by atoms with van der Waals surface area (Å²) in [6.07, 6.45) is 0. The van der Waals surface area contributed by atoms with E-state index in [0.717, 1.165) is 5.56 Å². The second kappa shape index (κ2) is 6.79. The zero-order valence-corrected chi connectivity index (χ0v) is 14.0. The van der Waals surface area contributed by atoms with Crippen LogP contribution < -0.4 is 10.2 Å². The van der Waals surface area contributed by atoms with Gasteiger partial charge in [-0.1, -0.05) is 17.7 Å². The number of nitrogens with zero attached hydrogens (tertiary/aromatic N) is 6. The quantitative estimate of drug-likeness (QED) is 0.760. The summed E-state index contributed by atoms with van der Waals surface area (Å²) in [6.45, 7) is 4.63. The lowest BCUT2D eigenvalue weighted by atomic mass is 10.2. The third-order valence-electron chi connectivity index (χ3n) is 3.57. The molecule has 3 rings (SSSR count). The number of rotatable bonds is 5. The van der Waals surface area contributed by atoms with Crippen LogP contribution in [0.2, 0.25) is 5.02 Å². The van der Waals surface area contributed by atoms with Crippen molar-refractivity contribution in [1.29, 1.82) is 0 Å². The number of amides is 1. The SMILES string of the molecule is CCN(CC(=O)Nc1cc(Cl)ccc1C)c1ccc2nnnn2n1. The van der Waals surface area contributed by atoms with Crippen molar-refractivity contribution in [2.45, 2.75) is 13.8 Å². The maximum Gasteiger partial charge on any atom is 0.243 e. The van der Waals surface area contributed by atoms with Crippen LogP contribution in [0.3, 0.4) is 0 Å². The fourth-order valence-corrected chi connectivity index (χ4v) is 2.43. The van der Waals surface area contributed by atoms with Crippen molar-refractivity contribution < 1.29 is 4.79 Å². The monoisotopic (exact) mass is 345 g/mol. The van der Waals surface area contributed by atoms with E-state index in [-0.39, 0.29) is 12.5 Å². The van der Waals surface area contributed by atoms with Crippen LogP contribution in [0.1, 0.15) is 12.5 Å². The smallest absolute Gasteiger partial charge is 0.243 e. The van der Waals surface area contributed by atoms with Crippen LogP contribution in [0.5, 0.6) is 0 Å². The number of benzene rings is 1. The first-order chi connectivity index (χ1) is 11.6. The van der Waals surface area contributed by atoms with Gasteiger partial charge in [-0.15, -0.1) is 14.8 Å². The van der Waals surface area contributed by atoms with Crippen molar-refractivity contribution in [2.75, 3.05) is 23.3 Å². The summed E-state index contributed by atoms with van der Waals surface area (Å²) >= 11 is 5.98. The number of hydrogen-bond acceptors (Lipinski definition) is 6. The Morgan fingerprint density at radius 2 is 2.17 bits per heavy atom. The van der Waals surface area contributed by atoms with Crippen LogP contribution in [0.4, 0.5) is 11.5 Å². The van der Waals surface area contributed by atoms with E-state index < -0.39 is 0 Å². The molecule has 0 aliphatic heterocycles. The number of aromatic nitrogens is 5. The van der Waals surface area contributed by atoms with Crippen LogP contribution in [0.25, 0.3) is 5.65 Å². The van der Waals surface area contributed by atoms with Gasteiger partial charge in [0.1, 0.15) is 0 Å². The minimum atomic E-state index is -0.152. The molecule has 9 heteroatoms. The first-order valence-corrected chi connectivity index (χ1v) is 7.81. The fourth-order valence-electron chi connectivity index (χ4n) is 2.26. The molecular formula is C15H16ClN7O. The lowest BCUT2D eigenvalue weighted by Crippen LogP contribution is -2.34. The van der Waals surface area contributed by atoms with Gasteiger partial charge in [0.2, 0.25) is 5.91 Å². The lowest BCUT2D eigenvalue weighted by Gasteiger charge is -2.21. The second-order valence-corrected chi connectivity index (χ2v) is 5.68. The molecule has 0 spiro atoms. The van der Waals surface area contributed by atoms with Crippen molar-refractivity contribution >= 4 is 34.7 Å². The predicted molar refractivity (Wildman–Crippen MR) is 91.3 cm³/mol. The van der Waals surface area contributed by atoms with Crippen LogP contribution in [-0.2, 0) is 4.79 Å². The number of likely N-dealkylation sites (N-methyl/N-ethyl adjacent to an activating group) is 1. The van der Waals surface area contributed by atoms with E-state index in [9.17, 15) is 4.79 Å². The third-order valence-corrected chi connectivity index (χ3v) is 3.80. The van der Waals surface area contributed by atoms with Gasteiger partial charge >= 0.3 is 0 Å². The van der Waals surface area contributed by atoms with Gasteiger partial charge in [-0.25, -0.2) is 0 Å². The molecule has 0 aliphatic carbocycles. The molecule has 24 heavy (non-hydrogen) atoms. The lowest BCUT2D eigenvalue weighted by molar-refractivity contribution is -0.115. The molecule has 0 bridgehead atoms. The Hall–Kier alpha value is -2.74. The number of aryl methyl sites for hydroxylation is 1. The van der Waals surface area contributed by atoms with E-state index in [1.165, 1.54) is 4.63 Å². The van der Waals surface area contributed by atoms with E-state index in [4.69, 9.17) is 11.6 Å².